The third-order valence-electron chi connectivity index (χ3n) is 3.67. The van der Waals surface area contributed by atoms with E-state index in [0.29, 0.717) is 13.1 Å². The average molecular weight is 324 g/mol. The van der Waals surface area contributed by atoms with E-state index in [1.165, 1.54) is 18.1 Å². The van der Waals surface area contributed by atoms with E-state index < -0.39 is 29.8 Å². The number of rotatable bonds is 4. The minimum absolute atomic E-state index is 0.00981. The zero-order chi connectivity index (χ0) is 16.3. The third kappa shape index (κ3) is 3.67. The maximum atomic E-state index is 13.5. The summed E-state index contributed by atoms with van der Waals surface area (Å²) in [6.07, 6.45) is -7.63. The van der Waals surface area contributed by atoms with Crippen LogP contribution in [0.4, 0.5) is 22.0 Å². The van der Waals surface area contributed by atoms with Gasteiger partial charge in [0, 0.05) is 26.2 Å². The minimum atomic E-state index is -4.72. The second-order valence-electron chi connectivity index (χ2n) is 5.02. The summed E-state index contributed by atoms with van der Waals surface area (Å²) in [5.74, 6) is -0.00981. The standard InChI is InChI=1S/C14H17F5N2O/c1-22-9-2-3-10(11(8-9)14(17,18)19)12(13(15)16)21-6-4-20-5-7-21/h2-3,8,12-13,20H,4-7H2,1H3/t12-/m0/s1. The van der Waals surface area contributed by atoms with Crippen LogP contribution in [0.1, 0.15) is 17.2 Å². The molecule has 1 N–H and O–H groups in total. The molecule has 0 amide bonds. The van der Waals surface area contributed by atoms with Crippen molar-refractivity contribution in [3.63, 3.8) is 0 Å². The van der Waals surface area contributed by atoms with Crippen LogP contribution in [0.3, 0.4) is 0 Å². The molecule has 1 aromatic carbocycles. The van der Waals surface area contributed by atoms with Gasteiger partial charge in [-0.15, -0.1) is 0 Å². The number of piperazine rings is 1. The zero-order valence-electron chi connectivity index (χ0n) is 12.0. The second-order valence-corrected chi connectivity index (χ2v) is 5.02. The normalized spacial score (nSPS) is 18.5. The predicted octanol–water partition coefficient (Wildman–Crippen LogP) is 2.93. The van der Waals surface area contributed by atoms with Crippen LogP contribution >= 0.6 is 0 Å². The van der Waals surface area contributed by atoms with Crippen LogP contribution in [0.25, 0.3) is 0 Å². The molecule has 0 bridgehead atoms. The number of methoxy groups -OCH3 is 1. The Bertz CT molecular complexity index is 500. The second kappa shape index (κ2) is 6.78. The van der Waals surface area contributed by atoms with Crippen molar-refractivity contribution in [3.05, 3.63) is 29.3 Å². The first kappa shape index (κ1) is 17.0. The van der Waals surface area contributed by atoms with Crippen molar-refractivity contribution in [2.45, 2.75) is 18.6 Å². The molecule has 1 heterocycles. The molecule has 1 saturated heterocycles. The van der Waals surface area contributed by atoms with Crippen molar-refractivity contribution in [2.75, 3.05) is 33.3 Å². The first-order valence-electron chi connectivity index (χ1n) is 6.82. The molecule has 1 fully saturated rings. The Hall–Kier alpha value is -1.41. The number of hydrogen-bond acceptors (Lipinski definition) is 3. The molecule has 22 heavy (non-hydrogen) atoms. The first-order chi connectivity index (χ1) is 10.3. The Morgan fingerprint density at radius 2 is 1.82 bits per heavy atom. The van der Waals surface area contributed by atoms with Gasteiger partial charge in [-0.3, -0.25) is 4.90 Å². The van der Waals surface area contributed by atoms with Crippen molar-refractivity contribution in [3.8, 4) is 5.75 Å². The van der Waals surface area contributed by atoms with E-state index in [9.17, 15) is 22.0 Å². The van der Waals surface area contributed by atoms with E-state index in [1.54, 1.807) is 0 Å². The monoisotopic (exact) mass is 324 g/mol. The van der Waals surface area contributed by atoms with E-state index in [2.05, 4.69) is 5.32 Å². The molecule has 0 spiro atoms. The van der Waals surface area contributed by atoms with Gasteiger partial charge in [-0.2, -0.15) is 13.2 Å². The van der Waals surface area contributed by atoms with Crippen molar-refractivity contribution in [2.24, 2.45) is 0 Å². The lowest BCUT2D eigenvalue weighted by atomic mass is 9.97. The van der Waals surface area contributed by atoms with Gasteiger partial charge in [-0.05, 0) is 17.7 Å². The SMILES string of the molecule is COc1ccc([C@@H](C(F)F)N2CCNCC2)c(C(F)(F)F)c1. The van der Waals surface area contributed by atoms with Crippen LogP contribution < -0.4 is 10.1 Å². The van der Waals surface area contributed by atoms with Gasteiger partial charge in [0.25, 0.3) is 6.43 Å². The Kier molecular flexibility index (Phi) is 5.23. The van der Waals surface area contributed by atoms with Crippen LogP contribution in [-0.4, -0.2) is 44.6 Å². The van der Waals surface area contributed by atoms with Crippen LogP contribution in [0.15, 0.2) is 18.2 Å². The molecule has 0 unspecified atom stereocenters. The van der Waals surface area contributed by atoms with Gasteiger partial charge in [-0.25, -0.2) is 8.78 Å². The predicted molar refractivity (Wildman–Crippen MR) is 71.2 cm³/mol. The smallest absolute Gasteiger partial charge is 0.416 e. The van der Waals surface area contributed by atoms with Crippen LogP contribution in [0.5, 0.6) is 5.75 Å². The van der Waals surface area contributed by atoms with Crippen molar-refractivity contribution in [1.29, 1.82) is 0 Å². The lowest BCUT2D eigenvalue weighted by Gasteiger charge is -2.35. The number of halogens is 5. The van der Waals surface area contributed by atoms with E-state index >= 15 is 0 Å². The molecule has 0 aliphatic carbocycles. The molecule has 1 aliphatic heterocycles. The molecule has 3 nitrogen and oxygen atoms in total. The summed E-state index contributed by atoms with van der Waals surface area (Å²) in [4.78, 5) is 1.39. The summed E-state index contributed by atoms with van der Waals surface area (Å²) in [6, 6.07) is 1.56. The fraction of sp³-hybridized carbons (Fsp3) is 0.571. The summed E-state index contributed by atoms with van der Waals surface area (Å²) in [6.45, 7) is 1.50. The molecular formula is C14H17F5N2O. The molecule has 1 aliphatic rings. The summed E-state index contributed by atoms with van der Waals surface area (Å²) in [5, 5.41) is 2.99. The highest BCUT2D eigenvalue weighted by Gasteiger charge is 2.40. The lowest BCUT2D eigenvalue weighted by molar-refractivity contribution is -0.139. The summed E-state index contributed by atoms with van der Waals surface area (Å²) < 4.78 is 71.4. The van der Waals surface area contributed by atoms with Crippen LogP contribution in [0.2, 0.25) is 0 Å². The maximum Gasteiger partial charge on any atom is 0.416 e. The number of alkyl halides is 5. The van der Waals surface area contributed by atoms with Gasteiger partial charge in [0.1, 0.15) is 5.75 Å². The molecule has 0 radical (unpaired) electrons. The third-order valence-corrected chi connectivity index (χ3v) is 3.67. The molecule has 0 saturated carbocycles. The Labute approximate surface area is 125 Å². The molecule has 2 rings (SSSR count). The maximum absolute atomic E-state index is 13.5. The summed E-state index contributed by atoms with van der Waals surface area (Å²) in [7, 11) is 1.23. The zero-order valence-corrected chi connectivity index (χ0v) is 12.0. The van der Waals surface area contributed by atoms with Gasteiger partial charge in [0.05, 0.1) is 18.7 Å². The summed E-state index contributed by atoms with van der Waals surface area (Å²) in [5.41, 5.74) is -1.49. The largest absolute Gasteiger partial charge is 0.497 e. The topological polar surface area (TPSA) is 24.5 Å². The van der Waals surface area contributed by atoms with E-state index in [4.69, 9.17) is 4.74 Å². The molecular weight excluding hydrogens is 307 g/mol. The Balaban J connectivity index is 2.46. The number of benzene rings is 1. The van der Waals surface area contributed by atoms with Crippen molar-refractivity contribution in [1.82, 2.24) is 10.2 Å². The molecule has 1 atom stereocenters. The Morgan fingerprint density at radius 3 is 2.32 bits per heavy atom. The number of nitrogens with zero attached hydrogens (tertiary/aromatic N) is 1. The highest BCUT2D eigenvalue weighted by atomic mass is 19.4. The number of nitrogens with one attached hydrogen (secondary N) is 1. The first-order valence-corrected chi connectivity index (χ1v) is 6.82. The number of hydrogen-bond donors (Lipinski definition) is 1. The van der Waals surface area contributed by atoms with Gasteiger partial charge in [0.2, 0.25) is 0 Å². The number of ether oxygens (including phenoxy) is 1. The highest BCUT2D eigenvalue weighted by molar-refractivity contribution is 5.39. The van der Waals surface area contributed by atoms with E-state index in [0.717, 1.165) is 12.1 Å². The molecule has 0 aromatic heterocycles. The average Bonchev–Trinajstić information content (AvgIpc) is 2.47. The van der Waals surface area contributed by atoms with Crippen LogP contribution in [-0.2, 0) is 6.18 Å². The van der Waals surface area contributed by atoms with E-state index in [1.807, 2.05) is 0 Å². The molecule has 124 valence electrons. The summed E-state index contributed by atoms with van der Waals surface area (Å²) >= 11 is 0. The fourth-order valence-electron chi connectivity index (χ4n) is 2.62. The van der Waals surface area contributed by atoms with Gasteiger partial charge in [-0.1, -0.05) is 6.07 Å². The highest BCUT2D eigenvalue weighted by Crippen LogP contribution is 2.40. The van der Waals surface area contributed by atoms with Crippen LogP contribution in [0, 0.1) is 0 Å². The van der Waals surface area contributed by atoms with Gasteiger partial charge < -0.3 is 10.1 Å². The quantitative estimate of drug-likeness (QED) is 0.862. The minimum Gasteiger partial charge on any atom is -0.497 e. The fourth-order valence-corrected chi connectivity index (χ4v) is 2.62. The molecule has 1 aromatic rings. The van der Waals surface area contributed by atoms with Crippen molar-refractivity contribution < 1.29 is 26.7 Å². The van der Waals surface area contributed by atoms with Crippen molar-refractivity contribution >= 4 is 0 Å². The van der Waals surface area contributed by atoms with E-state index in [-0.39, 0.29) is 18.8 Å². The van der Waals surface area contributed by atoms with Gasteiger partial charge in [0.15, 0.2) is 0 Å². The van der Waals surface area contributed by atoms with Gasteiger partial charge >= 0.3 is 6.18 Å². The Morgan fingerprint density at radius 1 is 1.18 bits per heavy atom. The molecule has 8 heteroatoms. The lowest BCUT2D eigenvalue weighted by Crippen LogP contribution is -2.47.